The van der Waals surface area contributed by atoms with Gasteiger partial charge in [0.25, 0.3) is 0 Å². The van der Waals surface area contributed by atoms with Crippen LogP contribution in [0.25, 0.3) is 0 Å². The molecule has 0 amide bonds. The number of methoxy groups -OCH3 is 1. The summed E-state index contributed by atoms with van der Waals surface area (Å²) in [4.78, 5) is 0. The summed E-state index contributed by atoms with van der Waals surface area (Å²) in [6.45, 7) is 5.23. The van der Waals surface area contributed by atoms with Crippen molar-refractivity contribution in [2.45, 2.75) is 32.5 Å². The second-order valence-corrected chi connectivity index (χ2v) is 5.58. The third-order valence-corrected chi connectivity index (χ3v) is 3.01. The SMILES string of the molecule is COc1ccc(OCC(O)CNCC(O)CC(C)C)cc1. The third-order valence-electron chi connectivity index (χ3n) is 3.01. The molecule has 0 saturated carbocycles. The van der Waals surface area contributed by atoms with Crippen LogP contribution in [-0.2, 0) is 0 Å². The third kappa shape index (κ3) is 7.90. The lowest BCUT2D eigenvalue weighted by atomic mass is 10.1. The van der Waals surface area contributed by atoms with Gasteiger partial charge in [-0.3, -0.25) is 0 Å². The minimum Gasteiger partial charge on any atom is -0.497 e. The second-order valence-electron chi connectivity index (χ2n) is 5.58. The quantitative estimate of drug-likeness (QED) is 0.609. The summed E-state index contributed by atoms with van der Waals surface area (Å²) in [7, 11) is 1.61. The standard InChI is InChI=1S/C16H27NO4/c1-12(2)8-13(18)9-17-10-14(19)11-21-16-6-4-15(20-3)5-7-16/h4-7,12-14,17-19H,8-11H2,1-3H3. The molecule has 0 heterocycles. The van der Waals surface area contributed by atoms with Crippen LogP contribution in [0.5, 0.6) is 11.5 Å². The molecule has 0 spiro atoms. The summed E-state index contributed by atoms with van der Waals surface area (Å²) >= 11 is 0. The van der Waals surface area contributed by atoms with Gasteiger partial charge in [-0.05, 0) is 36.6 Å². The zero-order valence-corrected chi connectivity index (χ0v) is 13.1. The predicted octanol–water partition coefficient (Wildman–Crippen LogP) is 1.43. The second kappa shape index (κ2) is 9.60. The van der Waals surface area contributed by atoms with Gasteiger partial charge in [-0.15, -0.1) is 0 Å². The number of nitrogens with one attached hydrogen (secondary N) is 1. The van der Waals surface area contributed by atoms with E-state index in [9.17, 15) is 10.2 Å². The van der Waals surface area contributed by atoms with E-state index in [2.05, 4.69) is 19.2 Å². The molecule has 0 aromatic heterocycles. The molecule has 3 N–H and O–H groups in total. The van der Waals surface area contributed by atoms with E-state index in [1.165, 1.54) is 0 Å². The number of hydrogen-bond acceptors (Lipinski definition) is 5. The number of aliphatic hydroxyl groups excluding tert-OH is 2. The number of hydrogen-bond donors (Lipinski definition) is 3. The van der Waals surface area contributed by atoms with Crippen molar-refractivity contribution in [1.29, 1.82) is 0 Å². The van der Waals surface area contributed by atoms with Crippen LogP contribution in [0.1, 0.15) is 20.3 Å². The van der Waals surface area contributed by atoms with Gasteiger partial charge in [0.1, 0.15) is 24.2 Å². The Kier molecular flexibility index (Phi) is 8.12. The van der Waals surface area contributed by atoms with E-state index in [0.717, 1.165) is 12.2 Å². The molecule has 0 radical (unpaired) electrons. The van der Waals surface area contributed by atoms with Crippen molar-refractivity contribution in [2.75, 3.05) is 26.8 Å². The molecular formula is C16H27NO4. The fraction of sp³-hybridized carbons (Fsp3) is 0.625. The van der Waals surface area contributed by atoms with Gasteiger partial charge in [0, 0.05) is 13.1 Å². The summed E-state index contributed by atoms with van der Waals surface area (Å²) < 4.78 is 10.5. The van der Waals surface area contributed by atoms with Crippen LogP contribution < -0.4 is 14.8 Å². The van der Waals surface area contributed by atoms with Gasteiger partial charge in [-0.1, -0.05) is 13.8 Å². The van der Waals surface area contributed by atoms with E-state index in [1.54, 1.807) is 19.2 Å². The maximum absolute atomic E-state index is 9.81. The summed E-state index contributed by atoms with van der Waals surface area (Å²) in [5.41, 5.74) is 0. The molecule has 0 saturated heterocycles. The Morgan fingerprint density at radius 3 is 2.14 bits per heavy atom. The summed E-state index contributed by atoms with van der Waals surface area (Å²) in [5.74, 6) is 1.92. The molecule has 5 heteroatoms. The molecule has 0 aliphatic rings. The van der Waals surface area contributed by atoms with Crippen LogP contribution in [-0.4, -0.2) is 49.2 Å². The number of rotatable bonds is 10. The van der Waals surface area contributed by atoms with E-state index in [4.69, 9.17) is 9.47 Å². The highest BCUT2D eigenvalue weighted by atomic mass is 16.5. The van der Waals surface area contributed by atoms with Gasteiger partial charge in [0.15, 0.2) is 0 Å². The highest BCUT2D eigenvalue weighted by Crippen LogP contribution is 2.16. The predicted molar refractivity (Wildman–Crippen MR) is 82.8 cm³/mol. The lowest BCUT2D eigenvalue weighted by Gasteiger charge is -2.16. The average molecular weight is 297 g/mol. The van der Waals surface area contributed by atoms with Crippen molar-refractivity contribution < 1.29 is 19.7 Å². The lowest BCUT2D eigenvalue weighted by molar-refractivity contribution is 0.0965. The minimum absolute atomic E-state index is 0.208. The average Bonchev–Trinajstić information content (AvgIpc) is 2.45. The van der Waals surface area contributed by atoms with E-state index in [0.29, 0.717) is 24.8 Å². The largest absolute Gasteiger partial charge is 0.497 e. The van der Waals surface area contributed by atoms with Crippen LogP contribution in [0, 0.1) is 5.92 Å². The molecule has 120 valence electrons. The van der Waals surface area contributed by atoms with Crippen LogP contribution in [0.4, 0.5) is 0 Å². The molecule has 21 heavy (non-hydrogen) atoms. The number of ether oxygens (including phenoxy) is 2. The van der Waals surface area contributed by atoms with Crippen molar-refractivity contribution >= 4 is 0 Å². The smallest absolute Gasteiger partial charge is 0.119 e. The highest BCUT2D eigenvalue weighted by Gasteiger charge is 2.09. The first kappa shape index (κ1) is 17.8. The van der Waals surface area contributed by atoms with E-state index < -0.39 is 6.10 Å². The van der Waals surface area contributed by atoms with Crippen molar-refractivity contribution in [1.82, 2.24) is 5.32 Å². The molecule has 1 rings (SSSR count). The topological polar surface area (TPSA) is 71.0 Å². The first-order valence-electron chi connectivity index (χ1n) is 7.35. The Morgan fingerprint density at radius 1 is 1.00 bits per heavy atom. The van der Waals surface area contributed by atoms with E-state index in [-0.39, 0.29) is 12.7 Å². The molecule has 2 unspecified atom stereocenters. The maximum atomic E-state index is 9.81. The van der Waals surface area contributed by atoms with Crippen LogP contribution in [0.15, 0.2) is 24.3 Å². The minimum atomic E-state index is -0.613. The Hall–Kier alpha value is -1.30. The van der Waals surface area contributed by atoms with Gasteiger partial charge in [0.2, 0.25) is 0 Å². The first-order chi connectivity index (χ1) is 10.0. The molecular weight excluding hydrogens is 270 g/mol. The van der Waals surface area contributed by atoms with Gasteiger partial charge < -0.3 is 25.0 Å². The summed E-state index contributed by atoms with van der Waals surface area (Å²) in [5, 5.41) is 22.6. The highest BCUT2D eigenvalue weighted by molar-refractivity contribution is 5.31. The van der Waals surface area contributed by atoms with Crippen LogP contribution >= 0.6 is 0 Å². The zero-order valence-electron chi connectivity index (χ0n) is 13.1. The van der Waals surface area contributed by atoms with Crippen molar-refractivity contribution in [3.63, 3.8) is 0 Å². The molecule has 5 nitrogen and oxygen atoms in total. The fourth-order valence-electron chi connectivity index (χ4n) is 1.97. The van der Waals surface area contributed by atoms with Crippen molar-refractivity contribution in [3.05, 3.63) is 24.3 Å². The Balaban J connectivity index is 2.17. The van der Waals surface area contributed by atoms with Crippen LogP contribution in [0.3, 0.4) is 0 Å². The fourth-order valence-corrected chi connectivity index (χ4v) is 1.97. The van der Waals surface area contributed by atoms with Crippen molar-refractivity contribution in [3.8, 4) is 11.5 Å². The van der Waals surface area contributed by atoms with Gasteiger partial charge >= 0.3 is 0 Å². The summed E-state index contributed by atoms with van der Waals surface area (Å²) in [6, 6.07) is 7.21. The number of benzene rings is 1. The maximum Gasteiger partial charge on any atom is 0.119 e. The van der Waals surface area contributed by atoms with Gasteiger partial charge in [-0.2, -0.15) is 0 Å². The van der Waals surface area contributed by atoms with E-state index in [1.807, 2.05) is 12.1 Å². The molecule has 2 atom stereocenters. The normalized spacial score (nSPS) is 14.0. The molecule has 0 bridgehead atoms. The summed E-state index contributed by atoms with van der Waals surface area (Å²) in [6.07, 6.45) is -0.233. The zero-order chi connectivity index (χ0) is 15.7. The van der Waals surface area contributed by atoms with Gasteiger partial charge in [0.05, 0.1) is 13.2 Å². The molecule has 0 aliphatic carbocycles. The van der Waals surface area contributed by atoms with Crippen molar-refractivity contribution in [2.24, 2.45) is 5.92 Å². The van der Waals surface area contributed by atoms with Crippen LogP contribution in [0.2, 0.25) is 0 Å². The molecule has 0 aliphatic heterocycles. The monoisotopic (exact) mass is 297 g/mol. The first-order valence-corrected chi connectivity index (χ1v) is 7.35. The van der Waals surface area contributed by atoms with Gasteiger partial charge in [-0.25, -0.2) is 0 Å². The number of aliphatic hydroxyl groups is 2. The Bertz CT molecular complexity index is 380. The molecule has 1 aromatic rings. The lowest BCUT2D eigenvalue weighted by Crippen LogP contribution is -2.36. The Labute approximate surface area is 126 Å². The molecule has 0 fully saturated rings. The molecule has 1 aromatic carbocycles. The Morgan fingerprint density at radius 2 is 1.57 bits per heavy atom. The van der Waals surface area contributed by atoms with E-state index >= 15 is 0 Å².